The molecular weight excluding hydrogens is 214 g/mol. The van der Waals surface area contributed by atoms with Crippen molar-refractivity contribution in [3.8, 4) is 0 Å². The fourth-order valence-corrected chi connectivity index (χ4v) is 0.500. The zero-order valence-corrected chi connectivity index (χ0v) is 7.42. The number of amides is 1. The highest BCUT2D eigenvalue weighted by molar-refractivity contribution is 6.30. The summed E-state index contributed by atoms with van der Waals surface area (Å²) in [5.41, 5.74) is 0. The van der Waals surface area contributed by atoms with Gasteiger partial charge in [0.2, 0.25) is 5.91 Å². The predicted molar refractivity (Wildman–Crippen MR) is 39.3 cm³/mol. The first-order valence-corrected chi connectivity index (χ1v) is 3.78. The molecule has 0 aliphatic carbocycles. The lowest BCUT2D eigenvalue weighted by atomic mass is 10.3. The van der Waals surface area contributed by atoms with Gasteiger partial charge in [-0.3, -0.25) is 4.79 Å². The third kappa shape index (κ3) is 4.31. The lowest BCUT2D eigenvalue weighted by Gasteiger charge is -2.16. The first-order chi connectivity index (χ1) is 5.77. The molecule has 0 spiro atoms. The fourth-order valence-electron chi connectivity index (χ4n) is 0.423. The minimum Gasteiger partial charge on any atom is -0.349 e. The average Bonchev–Trinajstić information content (AvgIpc) is 1.99. The van der Waals surface area contributed by atoms with Gasteiger partial charge in [-0.05, 0) is 6.92 Å². The van der Waals surface area contributed by atoms with Gasteiger partial charge in [0, 0.05) is 0 Å². The molecule has 7 heteroatoms. The highest BCUT2D eigenvalue weighted by Gasteiger charge is 2.40. The number of nitrogens with one attached hydrogen (secondary N) is 1. The molecular formula is C6H8ClF4NO. The molecule has 0 saturated heterocycles. The number of rotatable bonds is 4. The van der Waals surface area contributed by atoms with Gasteiger partial charge in [0.1, 0.15) is 5.38 Å². The van der Waals surface area contributed by atoms with E-state index in [4.69, 9.17) is 11.6 Å². The topological polar surface area (TPSA) is 29.1 Å². The van der Waals surface area contributed by atoms with Crippen LogP contribution in [-0.2, 0) is 4.79 Å². The molecule has 1 atom stereocenters. The van der Waals surface area contributed by atoms with Crippen LogP contribution in [0.5, 0.6) is 0 Å². The second-order valence-electron chi connectivity index (χ2n) is 2.40. The second kappa shape index (κ2) is 4.64. The first-order valence-electron chi connectivity index (χ1n) is 3.35. The number of halogens is 5. The SMILES string of the molecule is CC(Cl)C(=O)NCC(F)(F)C(F)F. The Hall–Kier alpha value is -0.520. The van der Waals surface area contributed by atoms with Crippen molar-refractivity contribution in [3.05, 3.63) is 0 Å². The number of hydrogen-bond acceptors (Lipinski definition) is 1. The van der Waals surface area contributed by atoms with Crippen molar-refractivity contribution < 1.29 is 22.4 Å². The van der Waals surface area contributed by atoms with Crippen LogP contribution in [0.3, 0.4) is 0 Å². The highest BCUT2D eigenvalue weighted by Crippen LogP contribution is 2.21. The molecule has 13 heavy (non-hydrogen) atoms. The smallest absolute Gasteiger partial charge is 0.324 e. The van der Waals surface area contributed by atoms with Crippen molar-refractivity contribution in [3.63, 3.8) is 0 Å². The Balaban J connectivity index is 3.95. The molecule has 0 radical (unpaired) electrons. The molecule has 0 aromatic rings. The van der Waals surface area contributed by atoms with Crippen molar-refractivity contribution >= 4 is 17.5 Å². The van der Waals surface area contributed by atoms with Crippen LogP contribution >= 0.6 is 11.6 Å². The zero-order chi connectivity index (χ0) is 10.6. The van der Waals surface area contributed by atoms with Crippen LogP contribution in [0, 0.1) is 0 Å². The number of carbonyl (C=O) groups is 1. The number of carbonyl (C=O) groups excluding carboxylic acids is 1. The van der Waals surface area contributed by atoms with Gasteiger partial charge in [0.05, 0.1) is 6.54 Å². The quantitative estimate of drug-likeness (QED) is 0.567. The summed E-state index contributed by atoms with van der Waals surface area (Å²) in [6, 6.07) is 0. The van der Waals surface area contributed by atoms with E-state index in [-0.39, 0.29) is 0 Å². The molecule has 0 rings (SSSR count). The molecule has 1 amide bonds. The van der Waals surface area contributed by atoms with E-state index < -0.39 is 30.2 Å². The van der Waals surface area contributed by atoms with E-state index in [0.717, 1.165) is 0 Å². The van der Waals surface area contributed by atoms with Gasteiger partial charge in [0.15, 0.2) is 0 Å². The van der Waals surface area contributed by atoms with Crippen molar-refractivity contribution in [1.29, 1.82) is 0 Å². The Morgan fingerprint density at radius 3 is 2.31 bits per heavy atom. The van der Waals surface area contributed by atoms with E-state index in [9.17, 15) is 22.4 Å². The maximum Gasteiger partial charge on any atom is 0.324 e. The number of hydrogen-bond donors (Lipinski definition) is 1. The van der Waals surface area contributed by atoms with Gasteiger partial charge in [-0.15, -0.1) is 11.6 Å². The van der Waals surface area contributed by atoms with E-state index >= 15 is 0 Å². The van der Waals surface area contributed by atoms with Crippen molar-refractivity contribution in [1.82, 2.24) is 5.32 Å². The standard InChI is InChI=1S/C6H8ClF4NO/c1-3(7)4(13)12-2-6(10,11)5(8)9/h3,5H,2H2,1H3,(H,12,13). The van der Waals surface area contributed by atoms with E-state index in [1.165, 1.54) is 6.92 Å². The molecule has 1 unspecified atom stereocenters. The summed E-state index contributed by atoms with van der Waals surface area (Å²) in [4.78, 5) is 10.6. The molecule has 0 aliphatic rings. The lowest BCUT2D eigenvalue weighted by Crippen LogP contribution is -2.43. The lowest BCUT2D eigenvalue weighted by molar-refractivity contribution is -0.136. The molecule has 0 aliphatic heterocycles. The van der Waals surface area contributed by atoms with Crippen LogP contribution in [0.2, 0.25) is 0 Å². The maximum atomic E-state index is 12.2. The second-order valence-corrected chi connectivity index (χ2v) is 3.05. The van der Waals surface area contributed by atoms with E-state index in [1.807, 2.05) is 0 Å². The molecule has 78 valence electrons. The summed E-state index contributed by atoms with van der Waals surface area (Å²) in [6.45, 7) is -0.155. The zero-order valence-electron chi connectivity index (χ0n) is 6.66. The maximum absolute atomic E-state index is 12.2. The largest absolute Gasteiger partial charge is 0.349 e. The van der Waals surface area contributed by atoms with Crippen LogP contribution in [0.4, 0.5) is 17.6 Å². The summed E-state index contributed by atoms with van der Waals surface area (Å²) in [7, 11) is 0. The van der Waals surface area contributed by atoms with Gasteiger partial charge in [-0.1, -0.05) is 0 Å². The van der Waals surface area contributed by atoms with Gasteiger partial charge in [-0.25, -0.2) is 8.78 Å². The Kier molecular flexibility index (Phi) is 4.46. The van der Waals surface area contributed by atoms with Crippen LogP contribution in [0.15, 0.2) is 0 Å². The summed E-state index contributed by atoms with van der Waals surface area (Å²) < 4.78 is 47.4. The van der Waals surface area contributed by atoms with Crippen molar-refractivity contribution in [2.75, 3.05) is 6.54 Å². The Morgan fingerprint density at radius 2 is 2.00 bits per heavy atom. The molecule has 0 fully saturated rings. The minimum atomic E-state index is -4.21. The van der Waals surface area contributed by atoms with Gasteiger partial charge in [0.25, 0.3) is 0 Å². The summed E-state index contributed by atoms with van der Waals surface area (Å²) in [5.74, 6) is -5.11. The van der Waals surface area contributed by atoms with E-state index in [0.29, 0.717) is 0 Å². The van der Waals surface area contributed by atoms with Crippen LogP contribution in [-0.4, -0.2) is 30.2 Å². The summed E-state index contributed by atoms with van der Waals surface area (Å²) >= 11 is 5.19. The molecule has 0 saturated carbocycles. The third-order valence-corrected chi connectivity index (χ3v) is 1.38. The Bertz CT molecular complexity index is 185. The van der Waals surface area contributed by atoms with Crippen LogP contribution in [0.1, 0.15) is 6.92 Å². The predicted octanol–water partition coefficient (Wildman–Crippen LogP) is 1.63. The molecule has 0 aromatic heterocycles. The van der Waals surface area contributed by atoms with E-state index in [2.05, 4.69) is 0 Å². The number of alkyl halides is 5. The van der Waals surface area contributed by atoms with Gasteiger partial charge in [-0.2, -0.15) is 8.78 Å². The highest BCUT2D eigenvalue weighted by atomic mass is 35.5. The van der Waals surface area contributed by atoms with Gasteiger partial charge >= 0.3 is 12.3 Å². The third-order valence-electron chi connectivity index (χ3n) is 1.18. The first kappa shape index (κ1) is 12.5. The van der Waals surface area contributed by atoms with Gasteiger partial charge < -0.3 is 5.32 Å². The van der Waals surface area contributed by atoms with Crippen LogP contribution in [0.25, 0.3) is 0 Å². The normalized spacial score (nSPS) is 14.4. The minimum absolute atomic E-state index is 0.901. The Labute approximate surface area is 77.2 Å². The van der Waals surface area contributed by atoms with E-state index in [1.54, 1.807) is 5.32 Å². The average molecular weight is 222 g/mol. The molecule has 0 aromatic carbocycles. The van der Waals surface area contributed by atoms with Crippen molar-refractivity contribution in [2.24, 2.45) is 0 Å². The summed E-state index contributed by atoms with van der Waals surface area (Å²) in [6.07, 6.45) is -3.79. The molecule has 0 bridgehead atoms. The molecule has 2 nitrogen and oxygen atoms in total. The summed E-state index contributed by atoms with van der Waals surface area (Å²) in [5, 5.41) is 0.583. The molecule has 1 N–H and O–H groups in total. The van der Waals surface area contributed by atoms with Crippen LogP contribution < -0.4 is 5.32 Å². The Morgan fingerprint density at radius 1 is 1.54 bits per heavy atom. The van der Waals surface area contributed by atoms with Crippen molar-refractivity contribution in [2.45, 2.75) is 24.6 Å². The molecule has 0 heterocycles. The fraction of sp³-hybridized carbons (Fsp3) is 0.833. The monoisotopic (exact) mass is 221 g/mol.